The van der Waals surface area contributed by atoms with Crippen LogP contribution < -0.4 is 0 Å². The summed E-state index contributed by atoms with van der Waals surface area (Å²) in [5.74, 6) is 0. The zero-order chi connectivity index (χ0) is 7.11. The van der Waals surface area contributed by atoms with Crippen molar-refractivity contribution in [3.63, 3.8) is 0 Å². The fraction of sp³-hybridized carbons (Fsp3) is 0.625. The first-order valence-electron chi connectivity index (χ1n) is 3.38. The largest absolute Gasteiger partial charge is 0.0883 e. The van der Waals surface area contributed by atoms with Gasteiger partial charge in [0.2, 0.25) is 0 Å². The van der Waals surface area contributed by atoms with Gasteiger partial charge in [0.05, 0.1) is 0 Å². The van der Waals surface area contributed by atoms with E-state index in [4.69, 9.17) is 0 Å². The second-order valence-electron chi connectivity index (χ2n) is 2.12. The van der Waals surface area contributed by atoms with E-state index in [1.54, 1.807) is 0 Å². The van der Waals surface area contributed by atoms with Gasteiger partial charge < -0.3 is 0 Å². The zero-order valence-electron chi connectivity index (χ0n) is 5.99. The van der Waals surface area contributed by atoms with E-state index in [1.807, 2.05) is 0 Å². The summed E-state index contributed by atoms with van der Waals surface area (Å²) in [5.41, 5.74) is 1.26. The molecule has 0 bridgehead atoms. The number of rotatable bonds is 4. The Morgan fingerprint density at radius 2 is 2.33 bits per heavy atom. The standard InChI is InChI=1S/C8H14Br/c1-3-4-5-8(2)6-7-9/h6H,2-5,7H2,1H3. The van der Waals surface area contributed by atoms with E-state index in [-0.39, 0.29) is 0 Å². The van der Waals surface area contributed by atoms with Crippen LogP contribution in [0.4, 0.5) is 0 Å². The molecule has 0 unspecified atom stereocenters. The van der Waals surface area contributed by atoms with E-state index >= 15 is 0 Å². The lowest BCUT2D eigenvalue weighted by Crippen LogP contribution is -1.77. The molecule has 1 heteroatoms. The summed E-state index contributed by atoms with van der Waals surface area (Å²) in [5, 5.41) is 0.940. The van der Waals surface area contributed by atoms with Gasteiger partial charge in [-0.05, 0) is 19.8 Å². The first-order valence-corrected chi connectivity index (χ1v) is 4.50. The predicted molar refractivity (Wildman–Crippen MR) is 46.8 cm³/mol. The average molecular weight is 190 g/mol. The molecule has 0 saturated carbocycles. The highest BCUT2D eigenvalue weighted by Gasteiger charge is 1.86. The van der Waals surface area contributed by atoms with Gasteiger partial charge in [-0.3, -0.25) is 0 Å². The van der Waals surface area contributed by atoms with Gasteiger partial charge in [-0.1, -0.05) is 40.9 Å². The molecule has 0 amide bonds. The predicted octanol–water partition coefficient (Wildman–Crippen LogP) is 3.33. The van der Waals surface area contributed by atoms with Crippen LogP contribution in [0.2, 0.25) is 0 Å². The third-order valence-electron chi connectivity index (χ3n) is 1.22. The van der Waals surface area contributed by atoms with E-state index in [0.717, 1.165) is 11.8 Å². The molecule has 0 rings (SSSR count). The van der Waals surface area contributed by atoms with Crippen LogP contribution in [0.15, 0.2) is 11.6 Å². The summed E-state index contributed by atoms with van der Waals surface area (Å²) < 4.78 is 0. The Balaban J connectivity index is 3.25. The quantitative estimate of drug-likeness (QED) is 0.596. The smallest absolute Gasteiger partial charge is 0.0214 e. The lowest BCUT2D eigenvalue weighted by molar-refractivity contribution is 0.797. The zero-order valence-corrected chi connectivity index (χ0v) is 7.58. The minimum atomic E-state index is 0.940. The van der Waals surface area contributed by atoms with Gasteiger partial charge in [0, 0.05) is 5.33 Å². The van der Waals surface area contributed by atoms with Gasteiger partial charge in [-0.2, -0.15) is 0 Å². The summed E-state index contributed by atoms with van der Waals surface area (Å²) in [4.78, 5) is 0. The molecule has 9 heavy (non-hydrogen) atoms. The second-order valence-corrected chi connectivity index (χ2v) is 2.77. The molecule has 0 atom stereocenters. The third-order valence-corrected chi connectivity index (χ3v) is 1.54. The molecule has 0 spiro atoms. The number of unbranched alkanes of at least 4 members (excludes halogenated alkanes) is 1. The number of halogens is 1. The fourth-order valence-corrected chi connectivity index (χ4v) is 1.07. The summed E-state index contributed by atoms with van der Waals surface area (Å²) in [7, 11) is 0. The average Bonchev–Trinajstić information content (AvgIpc) is 1.85. The molecule has 53 valence electrons. The molecule has 0 aromatic rings. The fourth-order valence-electron chi connectivity index (χ4n) is 0.615. The lowest BCUT2D eigenvalue weighted by Gasteiger charge is -1.95. The Morgan fingerprint density at radius 3 is 2.78 bits per heavy atom. The number of alkyl halides is 1. The first kappa shape index (κ1) is 9.22. The molecular weight excluding hydrogens is 176 g/mol. The maximum absolute atomic E-state index is 3.90. The Morgan fingerprint density at radius 1 is 1.67 bits per heavy atom. The van der Waals surface area contributed by atoms with Crippen molar-refractivity contribution >= 4 is 15.9 Å². The van der Waals surface area contributed by atoms with Crippen molar-refractivity contribution in [3.8, 4) is 0 Å². The molecule has 0 heterocycles. The Hall–Kier alpha value is 0.220. The van der Waals surface area contributed by atoms with Crippen LogP contribution >= 0.6 is 15.9 Å². The van der Waals surface area contributed by atoms with Gasteiger partial charge >= 0.3 is 0 Å². The van der Waals surface area contributed by atoms with Crippen molar-refractivity contribution in [1.82, 2.24) is 0 Å². The molecule has 0 aliphatic heterocycles. The molecule has 0 N–H and O–H groups in total. The Kier molecular flexibility index (Phi) is 6.50. The van der Waals surface area contributed by atoms with Gasteiger partial charge in [0.25, 0.3) is 0 Å². The molecule has 0 aliphatic carbocycles. The highest BCUT2D eigenvalue weighted by atomic mass is 79.9. The van der Waals surface area contributed by atoms with E-state index < -0.39 is 0 Å². The summed E-state index contributed by atoms with van der Waals surface area (Å²) >= 11 is 3.33. The van der Waals surface area contributed by atoms with Crippen molar-refractivity contribution < 1.29 is 0 Å². The maximum atomic E-state index is 3.90. The lowest BCUT2D eigenvalue weighted by atomic mass is 10.1. The number of hydrogen-bond acceptors (Lipinski definition) is 0. The van der Waals surface area contributed by atoms with E-state index in [1.165, 1.54) is 18.4 Å². The molecule has 0 nitrogen and oxygen atoms in total. The van der Waals surface area contributed by atoms with Crippen LogP contribution in [-0.2, 0) is 0 Å². The summed E-state index contributed by atoms with van der Waals surface area (Å²) in [6, 6.07) is 0. The van der Waals surface area contributed by atoms with Crippen LogP contribution in [0.25, 0.3) is 0 Å². The Labute approximate surface area is 66.5 Å². The van der Waals surface area contributed by atoms with Gasteiger partial charge in [0.15, 0.2) is 0 Å². The molecule has 0 saturated heterocycles. The number of hydrogen-bond donors (Lipinski definition) is 0. The highest BCUT2D eigenvalue weighted by Crippen LogP contribution is 2.05. The highest BCUT2D eigenvalue weighted by molar-refractivity contribution is 9.09. The first-order chi connectivity index (χ1) is 4.31. The van der Waals surface area contributed by atoms with Crippen LogP contribution in [0.5, 0.6) is 0 Å². The van der Waals surface area contributed by atoms with Crippen molar-refractivity contribution in [2.45, 2.75) is 26.2 Å². The molecule has 1 radical (unpaired) electrons. The van der Waals surface area contributed by atoms with Crippen molar-refractivity contribution in [1.29, 1.82) is 0 Å². The van der Waals surface area contributed by atoms with Crippen LogP contribution in [-0.4, -0.2) is 5.33 Å². The SMILES string of the molecule is [CH2]C(=CCBr)CCCC. The minimum absolute atomic E-state index is 0.940. The summed E-state index contributed by atoms with van der Waals surface area (Å²) in [6.45, 7) is 6.09. The maximum Gasteiger partial charge on any atom is 0.0214 e. The molecular formula is C8H14Br. The van der Waals surface area contributed by atoms with Crippen molar-refractivity contribution in [3.05, 3.63) is 18.6 Å². The molecule has 0 fully saturated rings. The second kappa shape index (κ2) is 6.34. The van der Waals surface area contributed by atoms with Gasteiger partial charge in [-0.25, -0.2) is 0 Å². The molecule has 0 aliphatic rings. The summed E-state index contributed by atoms with van der Waals surface area (Å²) in [6.07, 6.45) is 5.80. The third kappa shape index (κ3) is 6.10. The van der Waals surface area contributed by atoms with Crippen LogP contribution in [0.1, 0.15) is 26.2 Å². The monoisotopic (exact) mass is 189 g/mol. The van der Waals surface area contributed by atoms with E-state index in [2.05, 4.69) is 35.9 Å². The minimum Gasteiger partial charge on any atom is -0.0883 e. The van der Waals surface area contributed by atoms with Crippen molar-refractivity contribution in [2.75, 3.05) is 5.33 Å². The van der Waals surface area contributed by atoms with Crippen molar-refractivity contribution in [2.24, 2.45) is 0 Å². The van der Waals surface area contributed by atoms with Gasteiger partial charge in [-0.15, -0.1) is 0 Å². The number of allylic oxidation sites excluding steroid dienone is 2. The van der Waals surface area contributed by atoms with E-state index in [9.17, 15) is 0 Å². The topological polar surface area (TPSA) is 0 Å². The molecule has 0 aromatic carbocycles. The molecule has 0 aromatic heterocycles. The van der Waals surface area contributed by atoms with Crippen LogP contribution in [0, 0.1) is 6.92 Å². The normalized spacial score (nSPS) is 12.1. The van der Waals surface area contributed by atoms with Crippen LogP contribution in [0.3, 0.4) is 0 Å². The van der Waals surface area contributed by atoms with Gasteiger partial charge in [0.1, 0.15) is 0 Å². The van der Waals surface area contributed by atoms with E-state index in [0.29, 0.717) is 0 Å². The Bertz CT molecular complexity index is 84.6.